The van der Waals surface area contributed by atoms with Gasteiger partial charge in [0.2, 0.25) is 0 Å². The highest BCUT2D eigenvalue weighted by Crippen LogP contribution is 2.24. The summed E-state index contributed by atoms with van der Waals surface area (Å²) in [6, 6.07) is 7.96. The van der Waals surface area contributed by atoms with E-state index < -0.39 is 0 Å². The van der Waals surface area contributed by atoms with Crippen LogP contribution in [0.25, 0.3) is 11.0 Å². The fourth-order valence-corrected chi connectivity index (χ4v) is 1.85. The second-order valence-electron chi connectivity index (χ2n) is 4.29. The molecule has 92 valence electrons. The van der Waals surface area contributed by atoms with Gasteiger partial charge in [-0.3, -0.25) is 0 Å². The molecule has 1 aromatic heterocycles. The molecule has 2 rings (SSSR count). The van der Waals surface area contributed by atoms with Crippen molar-refractivity contribution in [2.24, 2.45) is 0 Å². The molecule has 0 aliphatic carbocycles. The Kier molecular flexibility index (Phi) is 3.69. The van der Waals surface area contributed by atoms with E-state index in [0.29, 0.717) is 0 Å². The zero-order valence-corrected chi connectivity index (χ0v) is 10.6. The van der Waals surface area contributed by atoms with Gasteiger partial charge in [-0.2, -0.15) is 0 Å². The minimum Gasteiger partial charge on any atom is -0.489 e. The van der Waals surface area contributed by atoms with Crippen LogP contribution in [0.3, 0.4) is 0 Å². The number of hydrogen-bond donors (Lipinski definition) is 1. The lowest BCUT2D eigenvalue weighted by Crippen LogP contribution is -2.28. The van der Waals surface area contributed by atoms with Gasteiger partial charge in [0.15, 0.2) is 0 Å². The highest BCUT2D eigenvalue weighted by atomic mass is 16.5. The van der Waals surface area contributed by atoms with Crippen molar-refractivity contribution in [3.63, 3.8) is 0 Å². The monoisotopic (exact) mass is 233 g/mol. The molecule has 0 aliphatic heterocycles. The maximum Gasteiger partial charge on any atom is 0.134 e. The van der Waals surface area contributed by atoms with Gasteiger partial charge >= 0.3 is 0 Å². The van der Waals surface area contributed by atoms with Crippen molar-refractivity contribution in [1.29, 1.82) is 0 Å². The maximum absolute atomic E-state index is 5.83. The summed E-state index contributed by atoms with van der Waals surface area (Å²) in [5, 5.41) is 4.36. The molecule has 0 bridgehead atoms. The number of rotatable bonds is 5. The maximum atomic E-state index is 5.83. The number of ether oxygens (including phenoxy) is 1. The zero-order valence-electron chi connectivity index (χ0n) is 10.6. The van der Waals surface area contributed by atoms with E-state index in [1.165, 1.54) is 0 Å². The van der Waals surface area contributed by atoms with E-state index in [1.54, 1.807) is 0 Å². The second-order valence-corrected chi connectivity index (χ2v) is 4.29. The minimum atomic E-state index is 0.167. The number of hydrogen-bond acceptors (Lipinski definition) is 3. The van der Waals surface area contributed by atoms with E-state index in [-0.39, 0.29) is 6.10 Å². The van der Waals surface area contributed by atoms with Gasteiger partial charge in [0, 0.05) is 11.9 Å². The van der Waals surface area contributed by atoms with Crippen molar-refractivity contribution in [2.45, 2.75) is 26.9 Å². The van der Waals surface area contributed by atoms with Crippen LogP contribution in [0.1, 0.15) is 19.6 Å². The first-order valence-electron chi connectivity index (χ1n) is 6.06. The molecule has 0 unspecified atom stereocenters. The molecular formula is C14H19NO2. The van der Waals surface area contributed by atoms with Crippen LogP contribution in [0.15, 0.2) is 28.7 Å². The summed E-state index contributed by atoms with van der Waals surface area (Å²) >= 11 is 0. The first-order valence-corrected chi connectivity index (χ1v) is 6.06. The lowest BCUT2D eigenvalue weighted by atomic mass is 10.2. The van der Waals surface area contributed by atoms with Crippen LogP contribution in [0, 0.1) is 6.92 Å². The Morgan fingerprint density at radius 3 is 2.94 bits per heavy atom. The van der Waals surface area contributed by atoms with Gasteiger partial charge in [0.25, 0.3) is 0 Å². The fourth-order valence-electron chi connectivity index (χ4n) is 1.85. The van der Waals surface area contributed by atoms with Crippen molar-refractivity contribution in [3.8, 4) is 5.75 Å². The molecule has 0 saturated carbocycles. The molecule has 3 heteroatoms. The molecular weight excluding hydrogens is 214 g/mol. The highest BCUT2D eigenvalue weighted by Gasteiger charge is 2.06. The van der Waals surface area contributed by atoms with Gasteiger partial charge < -0.3 is 14.5 Å². The molecule has 1 atom stereocenters. The lowest BCUT2D eigenvalue weighted by Gasteiger charge is -2.14. The van der Waals surface area contributed by atoms with E-state index in [1.807, 2.05) is 31.2 Å². The smallest absolute Gasteiger partial charge is 0.134 e. The SMILES string of the molecule is CCNC[C@@H](C)Oc1ccc2oc(C)cc2c1. The van der Waals surface area contributed by atoms with Gasteiger partial charge in [-0.05, 0) is 44.7 Å². The van der Waals surface area contributed by atoms with Gasteiger partial charge in [-0.1, -0.05) is 6.92 Å². The van der Waals surface area contributed by atoms with Gasteiger partial charge in [-0.25, -0.2) is 0 Å². The van der Waals surface area contributed by atoms with Crippen LogP contribution in [0.5, 0.6) is 5.75 Å². The largest absolute Gasteiger partial charge is 0.489 e. The molecule has 0 aliphatic rings. The number of aryl methyl sites for hydroxylation is 1. The Bertz CT molecular complexity index is 490. The summed E-state index contributed by atoms with van der Waals surface area (Å²) in [6.45, 7) is 7.93. The van der Waals surface area contributed by atoms with E-state index in [0.717, 1.165) is 35.6 Å². The molecule has 3 nitrogen and oxygen atoms in total. The summed E-state index contributed by atoms with van der Waals surface area (Å²) in [4.78, 5) is 0. The molecule has 1 heterocycles. The average molecular weight is 233 g/mol. The third-order valence-electron chi connectivity index (χ3n) is 2.63. The molecule has 1 N–H and O–H groups in total. The Hall–Kier alpha value is -1.48. The van der Waals surface area contributed by atoms with E-state index in [2.05, 4.69) is 19.2 Å². The molecule has 0 saturated heterocycles. The van der Waals surface area contributed by atoms with Crippen molar-refractivity contribution in [3.05, 3.63) is 30.0 Å². The van der Waals surface area contributed by atoms with Gasteiger partial charge in [0.05, 0.1) is 0 Å². The normalized spacial score (nSPS) is 12.9. The highest BCUT2D eigenvalue weighted by molar-refractivity contribution is 5.79. The van der Waals surface area contributed by atoms with E-state index >= 15 is 0 Å². The Morgan fingerprint density at radius 2 is 2.18 bits per heavy atom. The second kappa shape index (κ2) is 5.23. The Balaban J connectivity index is 2.08. The van der Waals surface area contributed by atoms with Crippen molar-refractivity contribution in [1.82, 2.24) is 5.32 Å². The minimum absolute atomic E-state index is 0.167. The summed E-state index contributed by atoms with van der Waals surface area (Å²) in [5.41, 5.74) is 0.911. The van der Waals surface area contributed by atoms with E-state index in [9.17, 15) is 0 Å². The summed E-state index contributed by atoms with van der Waals surface area (Å²) in [6.07, 6.45) is 0.167. The zero-order chi connectivity index (χ0) is 12.3. The van der Waals surface area contributed by atoms with Gasteiger partial charge in [-0.15, -0.1) is 0 Å². The van der Waals surface area contributed by atoms with Crippen LogP contribution in [-0.4, -0.2) is 19.2 Å². The number of benzene rings is 1. The van der Waals surface area contributed by atoms with Crippen LogP contribution in [0.2, 0.25) is 0 Å². The lowest BCUT2D eigenvalue weighted by molar-refractivity contribution is 0.218. The standard InChI is InChI=1S/C14H19NO2/c1-4-15-9-11(3)16-13-5-6-14-12(8-13)7-10(2)17-14/h5-8,11,15H,4,9H2,1-3H3/t11-/m1/s1. The summed E-state index contributed by atoms with van der Waals surface area (Å²) in [7, 11) is 0. The number of likely N-dealkylation sites (N-methyl/N-ethyl adjacent to an activating group) is 1. The van der Waals surface area contributed by atoms with Crippen molar-refractivity contribution < 1.29 is 9.15 Å². The van der Waals surface area contributed by atoms with Crippen LogP contribution in [0.4, 0.5) is 0 Å². The van der Waals surface area contributed by atoms with Crippen molar-refractivity contribution in [2.75, 3.05) is 13.1 Å². The molecule has 1 aromatic carbocycles. The summed E-state index contributed by atoms with van der Waals surface area (Å²) < 4.78 is 11.4. The van der Waals surface area contributed by atoms with Crippen molar-refractivity contribution >= 4 is 11.0 Å². The molecule has 0 spiro atoms. The fraction of sp³-hybridized carbons (Fsp3) is 0.429. The third-order valence-corrected chi connectivity index (χ3v) is 2.63. The molecule has 0 radical (unpaired) electrons. The summed E-state index contributed by atoms with van der Waals surface area (Å²) in [5.74, 6) is 1.82. The van der Waals surface area contributed by atoms with Gasteiger partial charge in [0.1, 0.15) is 23.2 Å². The predicted molar refractivity (Wildman–Crippen MR) is 69.6 cm³/mol. The Labute approximate surface area is 102 Å². The number of fused-ring (bicyclic) bond motifs is 1. The Morgan fingerprint density at radius 1 is 1.35 bits per heavy atom. The molecule has 2 aromatic rings. The molecule has 0 fully saturated rings. The molecule has 17 heavy (non-hydrogen) atoms. The topological polar surface area (TPSA) is 34.4 Å². The van der Waals surface area contributed by atoms with Crippen LogP contribution >= 0.6 is 0 Å². The quantitative estimate of drug-likeness (QED) is 0.861. The van der Waals surface area contributed by atoms with Crippen LogP contribution in [-0.2, 0) is 0 Å². The number of furan rings is 1. The molecule has 0 amide bonds. The first kappa shape index (κ1) is 12.0. The third kappa shape index (κ3) is 3.01. The van der Waals surface area contributed by atoms with E-state index in [4.69, 9.17) is 9.15 Å². The van der Waals surface area contributed by atoms with Crippen LogP contribution < -0.4 is 10.1 Å². The first-order chi connectivity index (χ1) is 8.19. The predicted octanol–water partition coefficient (Wildman–Crippen LogP) is 3.12. The number of nitrogens with one attached hydrogen (secondary N) is 1. The average Bonchev–Trinajstić information content (AvgIpc) is 2.65.